The molecule has 0 radical (unpaired) electrons. The highest BCUT2D eigenvalue weighted by atomic mass is 16.6. The van der Waals surface area contributed by atoms with Gasteiger partial charge in [0.2, 0.25) is 0 Å². The number of ether oxygens (including phenoxy) is 3. The zero-order valence-electron chi connectivity index (χ0n) is 13.6. The van der Waals surface area contributed by atoms with Gasteiger partial charge in [0.15, 0.2) is 0 Å². The first-order valence-corrected chi connectivity index (χ1v) is 7.93. The van der Waals surface area contributed by atoms with Crippen LogP contribution >= 0.6 is 0 Å². The summed E-state index contributed by atoms with van der Waals surface area (Å²) in [7, 11) is 1.68. The Hall–Kier alpha value is -2.04. The number of benzene rings is 2. The van der Waals surface area contributed by atoms with Crippen molar-refractivity contribution in [2.45, 2.75) is 19.1 Å². The fourth-order valence-corrected chi connectivity index (χ4v) is 2.82. The van der Waals surface area contributed by atoms with Gasteiger partial charge in [0, 0.05) is 5.69 Å². The van der Waals surface area contributed by atoms with E-state index in [1.54, 1.807) is 7.11 Å². The van der Waals surface area contributed by atoms with Gasteiger partial charge in [-0.15, -0.1) is 0 Å². The zero-order valence-corrected chi connectivity index (χ0v) is 13.6. The van der Waals surface area contributed by atoms with E-state index in [4.69, 9.17) is 14.2 Å². The molecule has 1 heterocycles. The van der Waals surface area contributed by atoms with E-state index in [1.807, 2.05) is 12.1 Å². The maximum atomic E-state index is 5.93. The van der Waals surface area contributed by atoms with E-state index >= 15 is 0 Å². The lowest BCUT2D eigenvalue weighted by molar-refractivity contribution is -0.0950. The van der Waals surface area contributed by atoms with E-state index in [9.17, 15) is 0 Å². The van der Waals surface area contributed by atoms with Crippen LogP contribution in [-0.2, 0) is 9.47 Å². The summed E-state index contributed by atoms with van der Waals surface area (Å²) in [6.45, 7) is 3.98. The first-order valence-electron chi connectivity index (χ1n) is 7.93. The van der Waals surface area contributed by atoms with Gasteiger partial charge >= 0.3 is 0 Å². The average molecular weight is 313 g/mol. The lowest BCUT2D eigenvalue weighted by Gasteiger charge is -2.32. The summed E-state index contributed by atoms with van der Waals surface area (Å²) < 4.78 is 16.8. The van der Waals surface area contributed by atoms with Gasteiger partial charge in [0.1, 0.15) is 11.9 Å². The minimum absolute atomic E-state index is 0.0161. The van der Waals surface area contributed by atoms with Crippen LogP contribution in [0.25, 0.3) is 0 Å². The third-order valence-electron chi connectivity index (χ3n) is 4.03. The third-order valence-corrected chi connectivity index (χ3v) is 4.03. The minimum atomic E-state index is -0.0161. The number of methoxy groups -OCH3 is 1. The molecule has 0 spiro atoms. The van der Waals surface area contributed by atoms with Gasteiger partial charge in [-0.2, -0.15) is 0 Å². The summed E-state index contributed by atoms with van der Waals surface area (Å²) in [5.41, 5.74) is 3.46. The fraction of sp³-hybridized carbons (Fsp3) is 0.368. The normalized spacial score (nSPS) is 19.1. The Morgan fingerprint density at radius 1 is 1.13 bits per heavy atom. The summed E-state index contributed by atoms with van der Waals surface area (Å²) in [6.07, 6.45) is -0.0161. The molecule has 1 aliphatic rings. The van der Waals surface area contributed by atoms with Crippen LogP contribution in [0, 0.1) is 6.92 Å². The maximum absolute atomic E-state index is 5.93. The van der Waals surface area contributed by atoms with Crippen LogP contribution in [0.4, 0.5) is 5.69 Å². The van der Waals surface area contributed by atoms with E-state index in [0.29, 0.717) is 19.8 Å². The summed E-state index contributed by atoms with van der Waals surface area (Å²) >= 11 is 0. The van der Waals surface area contributed by atoms with E-state index in [2.05, 4.69) is 48.6 Å². The van der Waals surface area contributed by atoms with Crippen LogP contribution < -0.4 is 10.1 Å². The molecule has 0 saturated carbocycles. The molecule has 1 N–H and O–H groups in total. The standard InChI is InChI=1S/C19H23NO3/c1-14-4-3-5-16(12-14)20-19(18-13-22-10-11-23-18)15-6-8-17(21-2)9-7-15/h3-9,12,18-20H,10-11,13H2,1-2H3. The highest BCUT2D eigenvalue weighted by Gasteiger charge is 2.26. The first-order chi connectivity index (χ1) is 11.3. The zero-order chi connectivity index (χ0) is 16.1. The number of hydrogen-bond donors (Lipinski definition) is 1. The summed E-state index contributed by atoms with van der Waals surface area (Å²) in [5.74, 6) is 0.851. The lowest BCUT2D eigenvalue weighted by Crippen LogP contribution is -2.37. The van der Waals surface area contributed by atoms with Crippen molar-refractivity contribution in [3.8, 4) is 5.75 Å². The van der Waals surface area contributed by atoms with Crippen LogP contribution in [-0.4, -0.2) is 33.0 Å². The van der Waals surface area contributed by atoms with E-state index in [0.717, 1.165) is 17.0 Å². The number of nitrogens with one attached hydrogen (secondary N) is 1. The second-order valence-corrected chi connectivity index (χ2v) is 5.75. The summed E-state index contributed by atoms with van der Waals surface area (Å²) in [6, 6.07) is 16.5. The Kier molecular flexibility index (Phi) is 5.16. The molecule has 3 rings (SSSR count). The number of rotatable bonds is 5. The monoisotopic (exact) mass is 313 g/mol. The second-order valence-electron chi connectivity index (χ2n) is 5.75. The largest absolute Gasteiger partial charge is 0.497 e. The highest BCUT2D eigenvalue weighted by Crippen LogP contribution is 2.28. The molecule has 0 amide bonds. The predicted octanol–water partition coefficient (Wildman–Crippen LogP) is 3.57. The van der Waals surface area contributed by atoms with Gasteiger partial charge in [0.05, 0.1) is 33.0 Å². The number of anilines is 1. The van der Waals surface area contributed by atoms with Crippen molar-refractivity contribution in [2.75, 3.05) is 32.2 Å². The Morgan fingerprint density at radius 2 is 1.96 bits per heavy atom. The molecule has 1 saturated heterocycles. The Balaban J connectivity index is 1.85. The molecule has 2 atom stereocenters. The molecule has 2 aromatic carbocycles. The van der Waals surface area contributed by atoms with Crippen molar-refractivity contribution < 1.29 is 14.2 Å². The molecule has 1 fully saturated rings. The van der Waals surface area contributed by atoms with Gasteiger partial charge < -0.3 is 19.5 Å². The fourth-order valence-electron chi connectivity index (χ4n) is 2.82. The molecular weight excluding hydrogens is 290 g/mol. The van der Waals surface area contributed by atoms with Crippen molar-refractivity contribution >= 4 is 5.69 Å². The van der Waals surface area contributed by atoms with Gasteiger partial charge in [-0.25, -0.2) is 0 Å². The molecule has 0 aromatic heterocycles. The van der Waals surface area contributed by atoms with Gasteiger partial charge in [0.25, 0.3) is 0 Å². The quantitative estimate of drug-likeness (QED) is 0.916. The first kappa shape index (κ1) is 15.8. The molecule has 1 aliphatic heterocycles. The SMILES string of the molecule is COc1ccc(C(Nc2cccc(C)c2)C2COCCO2)cc1. The van der Waals surface area contributed by atoms with Gasteiger partial charge in [-0.3, -0.25) is 0 Å². The maximum Gasteiger partial charge on any atom is 0.118 e. The lowest BCUT2D eigenvalue weighted by atomic mass is 10.00. The Labute approximate surface area is 137 Å². The smallest absolute Gasteiger partial charge is 0.118 e. The highest BCUT2D eigenvalue weighted by molar-refractivity contribution is 5.48. The van der Waals surface area contributed by atoms with E-state index < -0.39 is 0 Å². The van der Waals surface area contributed by atoms with E-state index in [-0.39, 0.29) is 12.1 Å². The molecule has 2 unspecified atom stereocenters. The van der Waals surface area contributed by atoms with Crippen molar-refractivity contribution in [1.82, 2.24) is 0 Å². The summed E-state index contributed by atoms with van der Waals surface area (Å²) in [5, 5.41) is 3.60. The van der Waals surface area contributed by atoms with Crippen molar-refractivity contribution in [3.63, 3.8) is 0 Å². The van der Waals surface area contributed by atoms with Crippen LogP contribution in [0.2, 0.25) is 0 Å². The van der Waals surface area contributed by atoms with Gasteiger partial charge in [-0.05, 0) is 42.3 Å². The molecular formula is C19H23NO3. The van der Waals surface area contributed by atoms with Crippen LogP contribution in [0.1, 0.15) is 17.2 Å². The molecule has 122 valence electrons. The van der Waals surface area contributed by atoms with Crippen molar-refractivity contribution in [3.05, 3.63) is 59.7 Å². The molecule has 0 aliphatic carbocycles. The Morgan fingerprint density at radius 3 is 2.61 bits per heavy atom. The van der Waals surface area contributed by atoms with Crippen molar-refractivity contribution in [1.29, 1.82) is 0 Å². The number of aryl methyl sites for hydroxylation is 1. The van der Waals surface area contributed by atoms with E-state index in [1.165, 1.54) is 5.56 Å². The predicted molar refractivity (Wildman–Crippen MR) is 91.1 cm³/mol. The van der Waals surface area contributed by atoms with Gasteiger partial charge in [-0.1, -0.05) is 24.3 Å². The topological polar surface area (TPSA) is 39.7 Å². The molecule has 23 heavy (non-hydrogen) atoms. The molecule has 0 bridgehead atoms. The number of hydrogen-bond acceptors (Lipinski definition) is 4. The Bertz CT molecular complexity index is 621. The average Bonchev–Trinajstić information content (AvgIpc) is 2.61. The molecule has 2 aromatic rings. The van der Waals surface area contributed by atoms with Crippen LogP contribution in [0.3, 0.4) is 0 Å². The molecule has 4 nitrogen and oxygen atoms in total. The van der Waals surface area contributed by atoms with Crippen LogP contribution in [0.5, 0.6) is 5.75 Å². The van der Waals surface area contributed by atoms with Crippen LogP contribution in [0.15, 0.2) is 48.5 Å². The second kappa shape index (κ2) is 7.49. The minimum Gasteiger partial charge on any atom is -0.497 e. The summed E-state index contributed by atoms with van der Waals surface area (Å²) in [4.78, 5) is 0. The molecule has 4 heteroatoms. The van der Waals surface area contributed by atoms with Crippen molar-refractivity contribution in [2.24, 2.45) is 0 Å². The third kappa shape index (κ3) is 4.03.